The molecule has 0 bridgehead atoms. The Kier molecular flexibility index (Phi) is 11.1. The van der Waals surface area contributed by atoms with Crippen molar-refractivity contribution < 1.29 is 19.1 Å². The molecule has 39 heavy (non-hydrogen) atoms. The monoisotopic (exact) mass is 526 g/mol. The van der Waals surface area contributed by atoms with Gasteiger partial charge < -0.3 is 20.7 Å². The largest absolute Gasteiger partial charge is 0.494 e. The highest BCUT2D eigenvalue weighted by Crippen LogP contribution is 2.14. The van der Waals surface area contributed by atoms with E-state index in [1.807, 2.05) is 61.5 Å². The van der Waals surface area contributed by atoms with E-state index < -0.39 is 18.0 Å². The van der Waals surface area contributed by atoms with Gasteiger partial charge in [0.2, 0.25) is 17.7 Å². The summed E-state index contributed by atoms with van der Waals surface area (Å²) >= 11 is 0. The molecule has 8 heteroatoms. The number of carbonyl (C=O) groups is 3. The number of nitrogens with zero attached hydrogens (tertiary/aromatic N) is 1. The summed E-state index contributed by atoms with van der Waals surface area (Å²) < 4.78 is 5.49. The molecular weight excluding hydrogens is 492 g/mol. The molecule has 3 amide bonds. The number of amides is 3. The van der Waals surface area contributed by atoms with Crippen molar-refractivity contribution in [2.45, 2.75) is 51.7 Å². The number of hydrogen-bond donors (Lipinski definition) is 3. The van der Waals surface area contributed by atoms with Crippen LogP contribution in [0.4, 0.5) is 0 Å². The highest BCUT2D eigenvalue weighted by Gasteiger charge is 2.27. The Bertz CT molecular complexity index is 1270. The van der Waals surface area contributed by atoms with Gasteiger partial charge in [-0.15, -0.1) is 0 Å². The molecule has 2 unspecified atom stereocenters. The second-order valence-electron chi connectivity index (χ2n) is 9.03. The van der Waals surface area contributed by atoms with E-state index in [1.165, 1.54) is 0 Å². The number of hydrogen-bond acceptors (Lipinski definition) is 5. The fourth-order valence-electron chi connectivity index (χ4n) is 3.97. The summed E-state index contributed by atoms with van der Waals surface area (Å²) in [7, 11) is 0. The SMILES string of the molecule is CCOc1ccc(CC(NC(=O)CC)C(=O)NC(Cc2ccccc2)C(=O)NCc2ccc(C#N)cc2)cc1. The van der Waals surface area contributed by atoms with E-state index in [4.69, 9.17) is 10.00 Å². The molecule has 3 aromatic rings. The molecule has 0 aliphatic heterocycles. The molecule has 0 heterocycles. The number of nitriles is 1. The number of rotatable bonds is 13. The van der Waals surface area contributed by atoms with Crippen LogP contribution in [-0.4, -0.2) is 36.4 Å². The number of carbonyl (C=O) groups excluding carboxylic acids is 3. The maximum atomic E-state index is 13.5. The zero-order valence-electron chi connectivity index (χ0n) is 22.3. The number of benzene rings is 3. The minimum Gasteiger partial charge on any atom is -0.494 e. The zero-order valence-corrected chi connectivity index (χ0v) is 22.3. The van der Waals surface area contributed by atoms with E-state index in [1.54, 1.807) is 31.2 Å². The Morgan fingerprint density at radius 1 is 0.769 bits per heavy atom. The Morgan fingerprint density at radius 2 is 1.36 bits per heavy atom. The van der Waals surface area contributed by atoms with Gasteiger partial charge in [0, 0.05) is 25.8 Å². The van der Waals surface area contributed by atoms with Gasteiger partial charge in [-0.3, -0.25) is 14.4 Å². The van der Waals surface area contributed by atoms with Crippen molar-refractivity contribution in [3.05, 3.63) is 101 Å². The van der Waals surface area contributed by atoms with Crippen molar-refractivity contribution in [3.63, 3.8) is 0 Å². The highest BCUT2D eigenvalue weighted by atomic mass is 16.5. The van der Waals surface area contributed by atoms with Gasteiger partial charge in [-0.2, -0.15) is 5.26 Å². The third kappa shape index (κ3) is 9.31. The fourth-order valence-corrected chi connectivity index (χ4v) is 3.97. The van der Waals surface area contributed by atoms with Gasteiger partial charge in [-0.1, -0.05) is 61.5 Å². The molecule has 3 rings (SSSR count). The Hall–Kier alpha value is -4.64. The lowest BCUT2D eigenvalue weighted by Crippen LogP contribution is -2.55. The lowest BCUT2D eigenvalue weighted by molar-refractivity contribution is -0.132. The van der Waals surface area contributed by atoms with E-state index >= 15 is 0 Å². The van der Waals surface area contributed by atoms with E-state index in [0.717, 1.165) is 22.4 Å². The molecule has 0 saturated heterocycles. The molecule has 8 nitrogen and oxygen atoms in total. The van der Waals surface area contributed by atoms with Crippen LogP contribution in [-0.2, 0) is 33.8 Å². The zero-order chi connectivity index (χ0) is 28.0. The number of ether oxygens (including phenoxy) is 1. The maximum Gasteiger partial charge on any atom is 0.243 e. The highest BCUT2D eigenvalue weighted by molar-refractivity contribution is 5.92. The van der Waals surface area contributed by atoms with Crippen molar-refractivity contribution in [2.75, 3.05) is 6.61 Å². The average Bonchev–Trinajstić information content (AvgIpc) is 2.97. The topological polar surface area (TPSA) is 120 Å². The quantitative estimate of drug-likeness (QED) is 0.315. The summed E-state index contributed by atoms with van der Waals surface area (Å²) in [6.07, 6.45) is 0.768. The smallest absolute Gasteiger partial charge is 0.243 e. The van der Waals surface area contributed by atoms with Crippen LogP contribution in [0.25, 0.3) is 0 Å². The third-order valence-electron chi connectivity index (χ3n) is 6.11. The predicted molar refractivity (Wildman–Crippen MR) is 149 cm³/mol. The molecular formula is C31H34N4O4. The molecule has 0 aliphatic rings. The fraction of sp³-hybridized carbons (Fsp3) is 0.290. The first kappa shape index (κ1) is 28.9. The minimum atomic E-state index is -0.861. The van der Waals surface area contributed by atoms with Gasteiger partial charge in [0.25, 0.3) is 0 Å². The molecule has 202 valence electrons. The first-order chi connectivity index (χ1) is 18.9. The average molecular weight is 527 g/mol. The minimum absolute atomic E-state index is 0.228. The van der Waals surface area contributed by atoms with E-state index in [9.17, 15) is 14.4 Å². The van der Waals surface area contributed by atoms with Gasteiger partial charge in [-0.25, -0.2) is 0 Å². The second-order valence-corrected chi connectivity index (χ2v) is 9.03. The second kappa shape index (κ2) is 14.9. The lowest BCUT2D eigenvalue weighted by atomic mass is 10.0. The van der Waals surface area contributed by atoms with Crippen molar-refractivity contribution in [1.82, 2.24) is 16.0 Å². The van der Waals surface area contributed by atoms with Crippen molar-refractivity contribution >= 4 is 17.7 Å². The first-order valence-corrected chi connectivity index (χ1v) is 13.0. The van der Waals surface area contributed by atoms with Crippen molar-refractivity contribution in [3.8, 4) is 11.8 Å². The molecule has 2 atom stereocenters. The van der Waals surface area contributed by atoms with Crippen LogP contribution in [0.1, 0.15) is 42.5 Å². The molecule has 0 radical (unpaired) electrons. The van der Waals surface area contributed by atoms with Gasteiger partial charge in [-0.05, 0) is 47.9 Å². The lowest BCUT2D eigenvalue weighted by Gasteiger charge is -2.23. The van der Waals surface area contributed by atoms with Gasteiger partial charge in [0.05, 0.1) is 18.2 Å². The molecule has 3 aromatic carbocycles. The van der Waals surface area contributed by atoms with Crippen molar-refractivity contribution in [2.24, 2.45) is 0 Å². The van der Waals surface area contributed by atoms with Crippen LogP contribution in [0.5, 0.6) is 5.75 Å². The molecule has 0 aliphatic carbocycles. The van der Waals surface area contributed by atoms with E-state index in [0.29, 0.717) is 12.2 Å². The summed E-state index contributed by atoms with van der Waals surface area (Å²) in [5.74, 6) is -0.328. The molecule has 0 spiro atoms. The van der Waals surface area contributed by atoms with E-state index in [2.05, 4.69) is 22.0 Å². The molecule has 0 fully saturated rings. The van der Waals surface area contributed by atoms with Crippen LogP contribution in [0.15, 0.2) is 78.9 Å². The van der Waals surface area contributed by atoms with Crippen molar-refractivity contribution in [1.29, 1.82) is 5.26 Å². The summed E-state index contributed by atoms with van der Waals surface area (Å²) in [6, 6.07) is 24.0. The maximum absolute atomic E-state index is 13.5. The molecule has 3 N–H and O–H groups in total. The predicted octanol–water partition coefficient (Wildman–Crippen LogP) is 3.44. The summed E-state index contributed by atoms with van der Waals surface area (Å²) in [5, 5.41) is 17.5. The summed E-state index contributed by atoms with van der Waals surface area (Å²) in [5.41, 5.74) is 3.10. The molecule has 0 aromatic heterocycles. The first-order valence-electron chi connectivity index (χ1n) is 13.0. The third-order valence-corrected chi connectivity index (χ3v) is 6.11. The van der Waals surface area contributed by atoms with E-state index in [-0.39, 0.29) is 37.6 Å². The van der Waals surface area contributed by atoms with Crippen LogP contribution in [0, 0.1) is 11.3 Å². The molecule has 0 saturated carbocycles. The van der Waals surface area contributed by atoms with Crippen LogP contribution >= 0.6 is 0 Å². The van der Waals surface area contributed by atoms with Gasteiger partial charge in [0.1, 0.15) is 17.8 Å². The van der Waals surface area contributed by atoms with Crippen LogP contribution < -0.4 is 20.7 Å². The standard InChI is InChI=1S/C31H34N4O4/c1-3-29(36)34-28(19-23-14-16-26(17-15-23)39-4-2)31(38)35-27(18-22-8-6-5-7-9-22)30(37)33-21-25-12-10-24(20-32)11-13-25/h5-17,27-28H,3-4,18-19,21H2,1-2H3,(H,33,37)(H,34,36)(H,35,38). The van der Waals surface area contributed by atoms with Gasteiger partial charge >= 0.3 is 0 Å². The number of nitrogens with one attached hydrogen (secondary N) is 3. The summed E-state index contributed by atoms with van der Waals surface area (Å²) in [4.78, 5) is 39.0. The normalized spacial score (nSPS) is 11.9. The summed E-state index contributed by atoms with van der Waals surface area (Å²) in [6.45, 7) is 4.41. The Morgan fingerprint density at radius 3 is 1.95 bits per heavy atom. The van der Waals surface area contributed by atoms with Crippen LogP contribution in [0.3, 0.4) is 0 Å². The van der Waals surface area contributed by atoms with Crippen LogP contribution in [0.2, 0.25) is 0 Å². The van der Waals surface area contributed by atoms with Gasteiger partial charge in [0.15, 0.2) is 0 Å². The Balaban J connectivity index is 1.75. The Labute approximate surface area is 229 Å².